The summed E-state index contributed by atoms with van der Waals surface area (Å²) in [5.74, 6) is -0.128. The number of halogens is 3. The molecule has 4 N–H and O–H groups in total. The number of imide groups is 1. The normalized spacial score (nSPS) is 15.9. The molecular weight excluding hydrogens is 367 g/mol. The minimum absolute atomic E-state index is 0.126. The molecule has 1 aromatic heterocycles. The highest BCUT2D eigenvalue weighted by molar-refractivity contribution is 6.01. The fourth-order valence-corrected chi connectivity index (χ4v) is 2.55. The summed E-state index contributed by atoms with van der Waals surface area (Å²) >= 11 is 0. The maximum atomic E-state index is 12.1. The molecule has 11 heteroatoms. The van der Waals surface area contributed by atoms with Crippen molar-refractivity contribution in [3.63, 3.8) is 0 Å². The number of amides is 3. The van der Waals surface area contributed by atoms with Crippen LogP contribution in [0.2, 0.25) is 0 Å². The molecule has 0 aromatic carbocycles. The number of H-pyrrole nitrogens is 1. The van der Waals surface area contributed by atoms with Gasteiger partial charge in [0.2, 0.25) is 5.91 Å². The zero-order valence-electron chi connectivity index (χ0n) is 15.0. The lowest BCUT2D eigenvalue weighted by Crippen LogP contribution is -2.35. The number of alkyl halides is 3. The number of hydrogen-bond acceptors (Lipinski definition) is 5. The Morgan fingerprint density at radius 3 is 2.74 bits per heavy atom. The Kier molecular flexibility index (Phi) is 7.48. The van der Waals surface area contributed by atoms with Crippen molar-refractivity contribution in [3.05, 3.63) is 18.0 Å². The van der Waals surface area contributed by atoms with Gasteiger partial charge in [0.25, 0.3) is 0 Å². The molecule has 1 aromatic rings. The highest BCUT2D eigenvalue weighted by Gasteiger charge is 2.28. The summed E-state index contributed by atoms with van der Waals surface area (Å²) in [7, 11) is 0. The van der Waals surface area contributed by atoms with Gasteiger partial charge in [-0.25, -0.2) is 10.2 Å². The smallest absolute Gasteiger partial charge is 0.422 e. The maximum absolute atomic E-state index is 12.1. The largest absolute Gasteiger partial charge is 0.483 e. The zero-order chi connectivity index (χ0) is 19.9. The number of unbranched alkanes of at least 4 members (excludes halogenated alkanes) is 2. The molecule has 152 valence electrons. The van der Waals surface area contributed by atoms with E-state index in [0.29, 0.717) is 18.8 Å². The fourth-order valence-electron chi connectivity index (χ4n) is 2.55. The molecule has 0 radical (unpaired) electrons. The first-order chi connectivity index (χ1) is 12.7. The van der Waals surface area contributed by atoms with Crippen molar-refractivity contribution in [1.29, 1.82) is 0 Å². The molecule has 1 atom stereocenters. The monoisotopic (exact) mass is 391 g/mol. The van der Waals surface area contributed by atoms with Crippen LogP contribution in [0.1, 0.15) is 37.9 Å². The van der Waals surface area contributed by atoms with Crippen molar-refractivity contribution in [2.75, 3.05) is 26.2 Å². The second-order valence-corrected chi connectivity index (χ2v) is 6.32. The summed E-state index contributed by atoms with van der Waals surface area (Å²) < 4.78 is 41.1. The predicted molar refractivity (Wildman–Crippen MR) is 90.9 cm³/mol. The molecular formula is C16H24F3N5O3. The maximum Gasteiger partial charge on any atom is 0.422 e. The number of nitrogens with zero attached hydrogens (tertiary/aromatic N) is 1. The summed E-state index contributed by atoms with van der Waals surface area (Å²) in [5.41, 5.74) is 6.81. The van der Waals surface area contributed by atoms with Gasteiger partial charge in [0.15, 0.2) is 6.61 Å². The van der Waals surface area contributed by atoms with Crippen LogP contribution < -0.4 is 20.9 Å². The minimum atomic E-state index is -4.36. The van der Waals surface area contributed by atoms with E-state index < -0.39 is 12.8 Å². The molecule has 2 heterocycles. The predicted octanol–water partition coefficient (Wildman–Crippen LogP) is 1.83. The molecule has 0 spiro atoms. The van der Waals surface area contributed by atoms with Gasteiger partial charge in [-0.05, 0) is 19.8 Å². The molecule has 1 saturated heterocycles. The number of hydrogen-bond donors (Lipinski definition) is 4. The summed E-state index contributed by atoms with van der Waals surface area (Å²) in [6.07, 6.45) is -0.420. The lowest BCUT2D eigenvalue weighted by molar-refractivity contribution is -0.153. The second kappa shape index (κ2) is 9.60. The first kappa shape index (κ1) is 21.0. The molecule has 0 bridgehead atoms. The van der Waals surface area contributed by atoms with Gasteiger partial charge >= 0.3 is 12.2 Å². The SMILES string of the molecule is CC(NNCCCCCN1CC(=O)NC1=O)c1cc(OCC(F)(F)F)c[nH]1. The molecule has 1 fully saturated rings. The van der Waals surface area contributed by atoms with Crippen molar-refractivity contribution < 1.29 is 27.5 Å². The van der Waals surface area contributed by atoms with E-state index >= 15 is 0 Å². The highest BCUT2D eigenvalue weighted by Crippen LogP contribution is 2.21. The number of nitrogens with one attached hydrogen (secondary N) is 4. The molecule has 1 unspecified atom stereocenters. The van der Waals surface area contributed by atoms with Gasteiger partial charge in [0.05, 0.1) is 6.04 Å². The van der Waals surface area contributed by atoms with Gasteiger partial charge < -0.3 is 14.6 Å². The number of ether oxygens (including phenoxy) is 1. The summed E-state index contributed by atoms with van der Waals surface area (Å²) in [4.78, 5) is 26.8. The van der Waals surface area contributed by atoms with Gasteiger partial charge in [-0.3, -0.25) is 15.5 Å². The van der Waals surface area contributed by atoms with Crippen molar-refractivity contribution in [2.24, 2.45) is 0 Å². The van der Waals surface area contributed by atoms with Gasteiger partial charge in [-0.2, -0.15) is 13.2 Å². The topological polar surface area (TPSA) is 98.5 Å². The first-order valence-corrected chi connectivity index (χ1v) is 8.69. The number of urea groups is 1. The third-order valence-corrected chi connectivity index (χ3v) is 3.96. The molecule has 0 saturated carbocycles. The highest BCUT2D eigenvalue weighted by atomic mass is 19.4. The van der Waals surface area contributed by atoms with Crippen LogP contribution in [0.5, 0.6) is 5.75 Å². The fraction of sp³-hybridized carbons (Fsp3) is 0.625. The Hall–Kier alpha value is -2.27. The van der Waals surface area contributed by atoms with E-state index in [1.807, 2.05) is 6.92 Å². The molecule has 8 nitrogen and oxygen atoms in total. The van der Waals surface area contributed by atoms with Crippen LogP contribution >= 0.6 is 0 Å². The van der Waals surface area contributed by atoms with Crippen LogP contribution in [0.25, 0.3) is 0 Å². The minimum Gasteiger partial charge on any atom is -0.483 e. The van der Waals surface area contributed by atoms with Crippen molar-refractivity contribution >= 4 is 11.9 Å². The standard InChI is InChI=1S/C16H24F3N5O3/c1-11(13-7-12(8-20-13)27-10-16(17,18)19)23-21-5-3-2-4-6-24-9-14(25)22-15(24)26/h7-8,11,20-21,23H,2-6,9-10H2,1H3,(H,22,25,26). The van der Waals surface area contributed by atoms with Crippen molar-refractivity contribution in [3.8, 4) is 5.75 Å². The van der Waals surface area contributed by atoms with E-state index in [4.69, 9.17) is 0 Å². The number of aromatic amines is 1. The molecule has 2 rings (SSSR count). The number of hydrazine groups is 1. The van der Waals surface area contributed by atoms with Crippen LogP contribution in [0.15, 0.2) is 12.3 Å². The lowest BCUT2D eigenvalue weighted by atomic mass is 10.2. The van der Waals surface area contributed by atoms with Crippen LogP contribution in [-0.4, -0.2) is 54.2 Å². The molecule has 1 aliphatic rings. The Bertz CT molecular complexity index is 635. The summed E-state index contributed by atoms with van der Waals surface area (Å²) in [5, 5.41) is 2.23. The Morgan fingerprint density at radius 1 is 1.30 bits per heavy atom. The molecule has 0 aliphatic carbocycles. The Labute approximate surface area is 154 Å². The summed E-state index contributed by atoms with van der Waals surface area (Å²) in [6.45, 7) is 1.89. The summed E-state index contributed by atoms with van der Waals surface area (Å²) in [6, 6.07) is 1.04. The molecule has 1 aliphatic heterocycles. The number of carbonyl (C=O) groups is 2. The van der Waals surface area contributed by atoms with Crippen LogP contribution in [0, 0.1) is 0 Å². The molecule has 27 heavy (non-hydrogen) atoms. The van der Waals surface area contributed by atoms with E-state index in [2.05, 4.69) is 25.9 Å². The van der Waals surface area contributed by atoms with Crippen LogP contribution in [-0.2, 0) is 4.79 Å². The average molecular weight is 391 g/mol. The van der Waals surface area contributed by atoms with Crippen LogP contribution in [0.4, 0.5) is 18.0 Å². The van der Waals surface area contributed by atoms with Crippen molar-refractivity contribution in [1.82, 2.24) is 26.1 Å². The second-order valence-electron chi connectivity index (χ2n) is 6.32. The number of rotatable bonds is 11. The van der Waals surface area contributed by atoms with E-state index in [1.54, 1.807) is 0 Å². The van der Waals surface area contributed by atoms with Gasteiger partial charge in [0, 0.05) is 31.0 Å². The quantitative estimate of drug-likeness (QED) is 0.262. The van der Waals surface area contributed by atoms with Crippen molar-refractivity contribution in [2.45, 2.75) is 38.4 Å². The Balaban J connectivity index is 1.54. The third kappa shape index (κ3) is 7.47. The van der Waals surface area contributed by atoms with E-state index in [1.165, 1.54) is 17.2 Å². The van der Waals surface area contributed by atoms with E-state index in [0.717, 1.165) is 19.3 Å². The lowest BCUT2D eigenvalue weighted by Gasteiger charge is -2.14. The number of aromatic nitrogens is 1. The molecule has 3 amide bonds. The van der Waals surface area contributed by atoms with Gasteiger partial charge in [-0.1, -0.05) is 6.42 Å². The zero-order valence-corrected chi connectivity index (χ0v) is 15.0. The average Bonchev–Trinajstić information content (AvgIpc) is 3.18. The third-order valence-electron chi connectivity index (χ3n) is 3.96. The van der Waals surface area contributed by atoms with Crippen LogP contribution in [0.3, 0.4) is 0 Å². The van der Waals surface area contributed by atoms with E-state index in [9.17, 15) is 22.8 Å². The van der Waals surface area contributed by atoms with Gasteiger partial charge in [0.1, 0.15) is 12.3 Å². The number of carbonyl (C=O) groups excluding carboxylic acids is 2. The first-order valence-electron chi connectivity index (χ1n) is 8.69. The van der Waals surface area contributed by atoms with Gasteiger partial charge in [-0.15, -0.1) is 0 Å². The van der Waals surface area contributed by atoms with E-state index in [-0.39, 0.29) is 30.3 Å². The Morgan fingerprint density at radius 2 is 2.07 bits per heavy atom.